The van der Waals surface area contributed by atoms with Crippen molar-refractivity contribution in [3.63, 3.8) is 0 Å². The van der Waals surface area contributed by atoms with Crippen LogP contribution < -0.4 is 10.1 Å². The minimum absolute atomic E-state index is 0.0960. The number of halogens is 3. The molecule has 0 aliphatic rings. The SMILES string of the molecule is CCN(CC(=O)NCc1ccc(F)cc1)C(=O)COc1ccc(Cl)c(Cl)c1. The molecule has 0 spiro atoms. The Kier molecular flexibility index (Phi) is 7.88. The number of amides is 2. The van der Waals surface area contributed by atoms with Gasteiger partial charge in [-0.3, -0.25) is 9.59 Å². The van der Waals surface area contributed by atoms with Crippen LogP contribution in [0.5, 0.6) is 5.75 Å². The summed E-state index contributed by atoms with van der Waals surface area (Å²) in [5.41, 5.74) is 0.766. The number of ether oxygens (including phenoxy) is 1. The van der Waals surface area contributed by atoms with Gasteiger partial charge in [0.05, 0.1) is 16.6 Å². The standard InChI is InChI=1S/C19H19Cl2FN2O3/c1-2-24(11-18(25)23-10-13-3-5-14(22)6-4-13)19(26)12-27-15-7-8-16(20)17(21)9-15/h3-9H,2,10-12H2,1H3,(H,23,25). The molecule has 2 amide bonds. The van der Waals surface area contributed by atoms with Crippen LogP contribution in [0.15, 0.2) is 42.5 Å². The van der Waals surface area contributed by atoms with Gasteiger partial charge in [-0.25, -0.2) is 4.39 Å². The molecule has 2 rings (SSSR count). The van der Waals surface area contributed by atoms with E-state index >= 15 is 0 Å². The first-order valence-electron chi connectivity index (χ1n) is 8.25. The molecule has 1 N–H and O–H groups in total. The Balaban J connectivity index is 1.81. The molecule has 0 aliphatic heterocycles. The van der Waals surface area contributed by atoms with Crippen LogP contribution in [0.1, 0.15) is 12.5 Å². The van der Waals surface area contributed by atoms with Crippen LogP contribution in [0.3, 0.4) is 0 Å². The third-order valence-electron chi connectivity index (χ3n) is 3.73. The second-order valence-corrected chi connectivity index (χ2v) is 6.49. The number of carbonyl (C=O) groups is 2. The first-order chi connectivity index (χ1) is 12.9. The maximum Gasteiger partial charge on any atom is 0.260 e. The predicted octanol–water partition coefficient (Wildman–Crippen LogP) is 3.68. The van der Waals surface area contributed by atoms with Crippen molar-refractivity contribution >= 4 is 35.0 Å². The fourth-order valence-corrected chi connectivity index (χ4v) is 2.50. The van der Waals surface area contributed by atoms with Crippen LogP contribution in [0.25, 0.3) is 0 Å². The number of hydrogen-bond donors (Lipinski definition) is 1. The Morgan fingerprint density at radius 1 is 1.11 bits per heavy atom. The van der Waals surface area contributed by atoms with Gasteiger partial charge in [-0.05, 0) is 36.8 Å². The number of carbonyl (C=O) groups excluding carboxylic acids is 2. The first kappa shape index (κ1) is 21.0. The second kappa shape index (κ2) is 10.1. The Hall–Kier alpha value is -2.31. The quantitative estimate of drug-likeness (QED) is 0.719. The van der Waals surface area contributed by atoms with E-state index in [0.29, 0.717) is 22.3 Å². The number of likely N-dealkylation sites (N-methyl/N-ethyl adjacent to an activating group) is 1. The molecular formula is C19H19Cl2FN2O3. The zero-order valence-corrected chi connectivity index (χ0v) is 16.2. The van der Waals surface area contributed by atoms with Crippen molar-refractivity contribution in [2.75, 3.05) is 19.7 Å². The number of rotatable bonds is 8. The van der Waals surface area contributed by atoms with Crippen LogP contribution in [-0.4, -0.2) is 36.4 Å². The lowest BCUT2D eigenvalue weighted by atomic mass is 10.2. The van der Waals surface area contributed by atoms with Crippen LogP contribution in [0, 0.1) is 5.82 Å². The predicted molar refractivity (Wildman–Crippen MR) is 102 cm³/mol. The summed E-state index contributed by atoms with van der Waals surface area (Å²) >= 11 is 11.7. The van der Waals surface area contributed by atoms with Crippen molar-refractivity contribution in [2.24, 2.45) is 0 Å². The molecule has 8 heteroatoms. The third-order valence-corrected chi connectivity index (χ3v) is 4.46. The number of benzene rings is 2. The summed E-state index contributed by atoms with van der Waals surface area (Å²) in [6.45, 7) is 2.06. The van der Waals surface area contributed by atoms with E-state index in [0.717, 1.165) is 5.56 Å². The van der Waals surface area contributed by atoms with Crippen LogP contribution >= 0.6 is 23.2 Å². The molecule has 0 atom stereocenters. The zero-order valence-electron chi connectivity index (χ0n) is 14.7. The van der Waals surface area contributed by atoms with Gasteiger partial charge in [0.25, 0.3) is 5.91 Å². The van der Waals surface area contributed by atoms with E-state index in [1.165, 1.54) is 23.1 Å². The van der Waals surface area contributed by atoms with Crippen molar-refractivity contribution in [2.45, 2.75) is 13.5 Å². The lowest BCUT2D eigenvalue weighted by molar-refractivity contribution is -0.137. The van der Waals surface area contributed by atoms with Crippen molar-refractivity contribution in [3.05, 3.63) is 63.9 Å². The van der Waals surface area contributed by atoms with Gasteiger partial charge >= 0.3 is 0 Å². The van der Waals surface area contributed by atoms with E-state index in [4.69, 9.17) is 27.9 Å². The molecule has 5 nitrogen and oxygen atoms in total. The highest BCUT2D eigenvalue weighted by molar-refractivity contribution is 6.42. The smallest absolute Gasteiger partial charge is 0.260 e. The van der Waals surface area contributed by atoms with Crippen LogP contribution in [-0.2, 0) is 16.1 Å². The van der Waals surface area contributed by atoms with Crippen LogP contribution in [0.2, 0.25) is 10.0 Å². The lowest BCUT2D eigenvalue weighted by Gasteiger charge is -2.20. The molecular weight excluding hydrogens is 394 g/mol. The molecule has 0 aliphatic carbocycles. The van der Waals surface area contributed by atoms with E-state index in [-0.39, 0.29) is 37.3 Å². The largest absolute Gasteiger partial charge is 0.484 e. The van der Waals surface area contributed by atoms with Gasteiger partial charge in [0.2, 0.25) is 5.91 Å². The Bertz CT molecular complexity index is 800. The molecule has 144 valence electrons. The highest BCUT2D eigenvalue weighted by atomic mass is 35.5. The van der Waals surface area contributed by atoms with Gasteiger partial charge in [0, 0.05) is 19.2 Å². The summed E-state index contributed by atoms with van der Waals surface area (Å²) in [5, 5.41) is 3.42. The average molecular weight is 413 g/mol. The second-order valence-electron chi connectivity index (χ2n) is 5.68. The average Bonchev–Trinajstić information content (AvgIpc) is 2.66. The topological polar surface area (TPSA) is 58.6 Å². The van der Waals surface area contributed by atoms with E-state index in [1.807, 2.05) is 0 Å². The monoisotopic (exact) mass is 412 g/mol. The van der Waals surface area contributed by atoms with Gasteiger partial charge in [0.1, 0.15) is 11.6 Å². The summed E-state index contributed by atoms with van der Waals surface area (Å²) in [6, 6.07) is 10.5. The van der Waals surface area contributed by atoms with Crippen molar-refractivity contribution in [1.82, 2.24) is 10.2 Å². The molecule has 0 radical (unpaired) electrons. The van der Waals surface area contributed by atoms with E-state index in [1.54, 1.807) is 31.2 Å². The van der Waals surface area contributed by atoms with Gasteiger partial charge in [0.15, 0.2) is 6.61 Å². The van der Waals surface area contributed by atoms with Crippen molar-refractivity contribution in [3.8, 4) is 5.75 Å². The lowest BCUT2D eigenvalue weighted by Crippen LogP contribution is -2.42. The van der Waals surface area contributed by atoms with Gasteiger partial charge in [-0.15, -0.1) is 0 Å². The minimum Gasteiger partial charge on any atom is -0.484 e. The fraction of sp³-hybridized carbons (Fsp3) is 0.263. The Morgan fingerprint density at radius 2 is 1.81 bits per heavy atom. The molecule has 0 aromatic heterocycles. The molecule has 0 fully saturated rings. The van der Waals surface area contributed by atoms with Crippen LogP contribution in [0.4, 0.5) is 4.39 Å². The van der Waals surface area contributed by atoms with E-state index in [9.17, 15) is 14.0 Å². The summed E-state index contributed by atoms with van der Waals surface area (Å²) in [7, 11) is 0. The summed E-state index contributed by atoms with van der Waals surface area (Å²) in [4.78, 5) is 25.7. The van der Waals surface area contributed by atoms with E-state index < -0.39 is 0 Å². The maximum absolute atomic E-state index is 12.9. The summed E-state index contributed by atoms with van der Waals surface area (Å²) in [5.74, 6) is -0.575. The summed E-state index contributed by atoms with van der Waals surface area (Å²) in [6.07, 6.45) is 0. The molecule has 0 saturated carbocycles. The Morgan fingerprint density at radius 3 is 2.44 bits per heavy atom. The Labute approximate surface area is 167 Å². The van der Waals surface area contributed by atoms with Gasteiger partial charge < -0.3 is 15.0 Å². The molecule has 2 aromatic rings. The summed E-state index contributed by atoms with van der Waals surface area (Å²) < 4.78 is 18.3. The normalized spacial score (nSPS) is 10.4. The highest BCUT2D eigenvalue weighted by Gasteiger charge is 2.16. The first-order valence-corrected chi connectivity index (χ1v) is 9.01. The highest BCUT2D eigenvalue weighted by Crippen LogP contribution is 2.26. The minimum atomic E-state index is -0.338. The number of nitrogens with zero attached hydrogens (tertiary/aromatic N) is 1. The molecule has 0 heterocycles. The molecule has 0 saturated heterocycles. The van der Waals surface area contributed by atoms with Gasteiger partial charge in [-0.1, -0.05) is 35.3 Å². The molecule has 0 unspecified atom stereocenters. The number of nitrogens with one attached hydrogen (secondary N) is 1. The van der Waals surface area contributed by atoms with Crippen molar-refractivity contribution < 1.29 is 18.7 Å². The zero-order chi connectivity index (χ0) is 19.8. The fourth-order valence-electron chi connectivity index (χ4n) is 2.21. The number of hydrogen-bond acceptors (Lipinski definition) is 3. The molecule has 27 heavy (non-hydrogen) atoms. The third kappa shape index (κ3) is 6.73. The molecule has 2 aromatic carbocycles. The molecule has 0 bridgehead atoms. The van der Waals surface area contributed by atoms with Crippen molar-refractivity contribution in [1.29, 1.82) is 0 Å². The maximum atomic E-state index is 12.9. The van der Waals surface area contributed by atoms with Gasteiger partial charge in [-0.2, -0.15) is 0 Å². The van der Waals surface area contributed by atoms with E-state index in [2.05, 4.69) is 5.32 Å².